The van der Waals surface area contributed by atoms with Gasteiger partial charge in [-0.15, -0.1) is 0 Å². The number of rotatable bonds is 9. The number of nitrogens with one attached hydrogen (secondary N) is 1. The average Bonchev–Trinajstić information content (AvgIpc) is 3.47. The Labute approximate surface area is 176 Å². The molecule has 3 N–H and O–H groups in total. The molecule has 2 aliphatic rings. The summed E-state index contributed by atoms with van der Waals surface area (Å²) in [6, 6.07) is 2.05. The number of likely N-dealkylation sites (N-methyl/N-ethyl adjacent to an activating group) is 1. The minimum atomic E-state index is -0.541. The molecule has 0 saturated carbocycles. The maximum atomic E-state index is 11.5. The van der Waals surface area contributed by atoms with Crippen LogP contribution in [0.25, 0.3) is 0 Å². The summed E-state index contributed by atoms with van der Waals surface area (Å²) >= 11 is 0. The first-order chi connectivity index (χ1) is 14.5. The second-order valence-electron chi connectivity index (χ2n) is 8.33. The van der Waals surface area contributed by atoms with E-state index in [9.17, 15) is 9.59 Å². The summed E-state index contributed by atoms with van der Waals surface area (Å²) in [5, 5.41) is 3.44. The zero-order valence-electron chi connectivity index (χ0n) is 17.7. The van der Waals surface area contributed by atoms with Crippen molar-refractivity contribution in [2.45, 2.75) is 32.1 Å². The van der Waals surface area contributed by atoms with Gasteiger partial charge in [-0.05, 0) is 39.2 Å². The molecular weight excluding hydrogens is 382 g/mol. The zero-order valence-corrected chi connectivity index (χ0v) is 17.7. The minimum Gasteiger partial charge on any atom is -0.395 e. The summed E-state index contributed by atoms with van der Waals surface area (Å²) < 4.78 is 0. The normalized spacial score (nSPS) is 16.9. The molecule has 30 heavy (non-hydrogen) atoms. The van der Waals surface area contributed by atoms with Crippen molar-refractivity contribution in [2.24, 2.45) is 0 Å². The highest BCUT2D eigenvalue weighted by Crippen LogP contribution is 2.25. The molecule has 0 spiro atoms. The van der Waals surface area contributed by atoms with Gasteiger partial charge in [0.1, 0.15) is 11.6 Å². The van der Waals surface area contributed by atoms with E-state index >= 15 is 0 Å². The van der Waals surface area contributed by atoms with Gasteiger partial charge in [0, 0.05) is 57.4 Å². The molecule has 0 radical (unpaired) electrons. The lowest BCUT2D eigenvalue weighted by Crippen LogP contribution is -2.40. The summed E-state index contributed by atoms with van der Waals surface area (Å²) in [5.41, 5.74) is 5.25. The molecule has 0 bridgehead atoms. The van der Waals surface area contributed by atoms with Crippen LogP contribution in [0, 0.1) is 0 Å². The third-order valence-electron chi connectivity index (χ3n) is 6.11. The molecule has 3 heterocycles. The molecule has 2 aromatic rings. The first-order valence-corrected chi connectivity index (χ1v) is 10.9. The number of nitrogen functional groups attached to an aromatic ring is 1. The van der Waals surface area contributed by atoms with Gasteiger partial charge in [0.2, 0.25) is 16.8 Å². The van der Waals surface area contributed by atoms with Gasteiger partial charge in [-0.3, -0.25) is 9.59 Å². The zero-order chi connectivity index (χ0) is 21.1. The highest BCUT2D eigenvalue weighted by atomic mass is 16.2. The minimum absolute atomic E-state index is 0.136. The van der Waals surface area contributed by atoms with Crippen molar-refractivity contribution >= 4 is 23.3 Å². The van der Waals surface area contributed by atoms with Gasteiger partial charge in [-0.2, -0.15) is 9.97 Å². The Balaban J connectivity index is 1.33. The molecule has 2 aliphatic heterocycles. The molecule has 2 saturated heterocycles. The second kappa shape index (κ2) is 8.99. The van der Waals surface area contributed by atoms with Crippen molar-refractivity contribution in [3.63, 3.8) is 0 Å². The van der Waals surface area contributed by atoms with Crippen LogP contribution in [0.3, 0.4) is 0 Å². The Hall–Kier alpha value is -2.68. The summed E-state index contributed by atoms with van der Waals surface area (Å²) in [4.78, 5) is 39.1. The summed E-state index contributed by atoms with van der Waals surface area (Å²) in [5.74, 6) is 2.69. The number of nitrogens with two attached hydrogens (primary N) is 1. The highest BCUT2D eigenvalue weighted by Gasteiger charge is 2.21. The Kier molecular flexibility index (Phi) is 6.17. The van der Waals surface area contributed by atoms with Crippen LogP contribution >= 0.6 is 0 Å². The van der Waals surface area contributed by atoms with Gasteiger partial charge in [0.25, 0.3) is 0 Å². The third kappa shape index (κ3) is 4.40. The van der Waals surface area contributed by atoms with E-state index in [0.717, 1.165) is 56.9 Å². The van der Waals surface area contributed by atoms with E-state index in [-0.39, 0.29) is 5.69 Å². The van der Waals surface area contributed by atoms with Crippen LogP contribution in [0.15, 0.2) is 15.7 Å². The van der Waals surface area contributed by atoms with Gasteiger partial charge in [-0.25, -0.2) is 0 Å². The van der Waals surface area contributed by atoms with Crippen molar-refractivity contribution in [2.75, 3.05) is 73.7 Å². The molecule has 0 atom stereocenters. The summed E-state index contributed by atoms with van der Waals surface area (Å²) in [6.45, 7) is 6.35. The van der Waals surface area contributed by atoms with E-state index in [1.54, 1.807) is 0 Å². The molecule has 0 aliphatic carbocycles. The fourth-order valence-electron chi connectivity index (χ4n) is 4.17. The fraction of sp³-hybridized carbons (Fsp3) is 0.619. The van der Waals surface area contributed by atoms with Crippen LogP contribution < -0.4 is 31.7 Å². The second-order valence-corrected chi connectivity index (χ2v) is 8.33. The highest BCUT2D eigenvalue weighted by molar-refractivity contribution is 5.55. The van der Waals surface area contributed by atoms with E-state index in [2.05, 4.69) is 26.1 Å². The Morgan fingerprint density at radius 1 is 1.00 bits per heavy atom. The van der Waals surface area contributed by atoms with Gasteiger partial charge in [-0.1, -0.05) is 0 Å². The Bertz CT molecular complexity index is 907. The molecular formula is C21H31N7O2. The number of hydrogen-bond acceptors (Lipinski definition) is 9. The van der Waals surface area contributed by atoms with E-state index in [1.807, 2.05) is 7.05 Å². The first-order valence-electron chi connectivity index (χ1n) is 10.9. The molecule has 162 valence electrons. The molecule has 1 aromatic carbocycles. The average molecular weight is 414 g/mol. The maximum absolute atomic E-state index is 11.5. The van der Waals surface area contributed by atoms with Crippen LogP contribution in [-0.4, -0.2) is 67.7 Å². The SMILES string of the molecule is CN(CCNc1cc(N2CCCC2)nc(N2CCCC2)n1)CCc1c(N)c(=O)c1=O. The van der Waals surface area contributed by atoms with Crippen LogP contribution in [0.1, 0.15) is 31.2 Å². The lowest BCUT2D eigenvalue weighted by atomic mass is 10.0. The van der Waals surface area contributed by atoms with E-state index in [4.69, 9.17) is 15.7 Å². The first kappa shape index (κ1) is 20.6. The number of nitrogens with zero attached hydrogens (tertiary/aromatic N) is 5. The van der Waals surface area contributed by atoms with Crippen molar-refractivity contribution in [1.82, 2.24) is 14.9 Å². The van der Waals surface area contributed by atoms with Crippen LogP contribution in [0.4, 0.5) is 23.3 Å². The quantitative estimate of drug-likeness (QED) is 0.566. The summed E-state index contributed by atoms with van der Waals surface area (Å²) in [6.07, 6.45) is 5.33. The number of hydrogen-bond donors (Lipinski definition) is 2. The number of aromatic nitrogens is 2. The molecule has 9 heteroatoms. The van der Waals surface area contributed by atoms with Crippen molar-refractivity contribution in [1.29, 1.82) is 0 Å². The van der Waals surface area contributed by atoms with Crippen molar-refractivity contribution < 1.29 is 0 Å². The topological polar surface area (TPSA) is 108 Å². The van der Waals surface area contributed by atoms with Crippen molar-refractivity contribution in [3.05, 3.63) is 32.1 Å². The monoisotopic (exact) mass is 413 g/mol. The summed E-state index contributed by atoms with van der Waals surface area (Å²) in [7, 11) is 1.99. The fourth-order valence-corrected chi connectivity index (χ4v) is 4.17. The molecule has 4 rings (SSSR count). The molecule has 9 nitrogen and oxygen atoms in total. The largest absolute Gasteiger partial charge is 0.395 e. The standard InChI is InChI=1S/C21H31N7O2/c1-26(12-6-15-18(22)20(30)19(15)29)13-7-23-16-14-17(27-8-2-3-9-27)25-21(24-16)28-10-4-5-11-28/h14H,2-13,22H2,1H3,(H,23,24,25). The van der Waals surface area contributed by atoms with Crippen LogP contribution in [-0.2, 0) is 6.42 Å². The maximum Gasteiger partial charge on any atom is 0.249 e. The Morgan fingerprint density at radius 2 is 1.67 bits per heavy atom. The smallest absolute Gasteiger partial charge is 0.249 e. The lowest BCUT2D eigenvalue weighted by Gasteiger charge is -2.22. The molecule has 0 amide bonds. The van der Waals surface area contributed by atoms with E-state index in [0.29, 0.717) is 18.5 Å². The van der Waals surface area contributed by atoms with Crippen LogP contribution in [0.5, 0.6) is 0 Å². The van der Waals surface area contributed by atoms with Crippen molar-refractivity contribution in [3.8, 4) is 0 Å². The van der Waals surface area contributed by atoms with Gasteiger partial charge in [0.05, 0.1) is 5.69 Å². The molecule has 2 fully saturated rings. The third-order valence-corrected chi connectivity index (χ3v) is 6.11. The van der Waals surface area contributed by atoms with E-state index < -0.39 is 10.9 Å². The molecule has 1 aromatic heterocycles. The van der Waals surface area contributed by atoms with Gasteiger partial charge >= 0.3 is 0 Å². The predicted molar refractivity (Wildman–Crippen MR) is 120 cm³/mol. The van der Waals surface area contributed by atoms with Crippen LogP contribution in [0.2, 0.25) is 0 Å². The number of anilines is 4. The predicted octanol–water partition coefficient (Wildman–Crippen LogP) is 0.442. The Morgan fingerprint density at radius 3 is 2.33 bits per heavy atom. The van der Waals surface area contributed by atoms with Gasteiger partial charge < -0.3 is 25.8 Å². The van der Waals surface area contributed by atoms with E-state index in [1.165, 1.54) is 25.7 Å². The van der Waals surface area contributed by atoms with Gasteiger partial charge in [0.15, 0.2) is 0 Å². The lowest BCUT2D eigenvalue weighted by molar-refractivity contribution is 0.351. The molecule has 0 unspecified atom stereocenters.